The summed E-state index contributed by atoms with van der Waals surface area (Å²) in [4.78, 5) is 11.9. The van der Waals surface area contributed by atoms with E-state index in [9.17, 15) is 4.79 Å². The van der Waals surface area contributed by atoms with Crippen molar-refractivity contribution in [3.63, 3.8) is 0 Å². The number of aromatic nitrogens is 2. The Morgan fingerprint density at radius 1 is 1.71 bits per heavy atom. The van der Waals surface area contributed by atoms with Crippen LogP contribution in [-0.2, 0) is 11.8 Å². The molecule has 0 radical (unpaired) electrons. The van der Waals surface area contributed by atoms with Gasteiger partial charge in [0.15, 0.2) is 0 Å². The topological polar surface area (TPSA) is 102 Å². The van der Waals surface area contributed by atoms with E-state index < -0.39 is 6.04 Å². The maximum Gasteiger partial charge on any atom is 0.272 e. The third-order valence-electron chi connectivity index (χ3n) is 2.41. The second-order valence-corrected chi connectivity index (χ2v) is 3.78. The standard InChI is InChI=1S/C10H18N4O3/c1-6-8(11)9(14(2)13-6)10(16)12-7(4-15)5-17-3/h7,15H,4-5,11H2,1-3H3,(H,12,16). The molecule has 17 heavy (non-hydrogen) atoms. The summed E-state index contributed by atoms with van der Waals surface area (Å²) in [6.45, 7) is 1.76. The third-order valence-corrected chi connectivity index (χ3v) is 2.41. The minimum absolute atomic E-state index is 0.198. The quantitative estimate of drug-likeness (QED) is 0.617. The van der Waals surface area contributed by atoms with E-state index in [2.05, 4.69) is 10.4 Å². The number of rotatable bonds is 5. The summed E-state index contributed by atoms with van der Waals surface area (Å²) >= 11 is 0. The molecule has 0 bridgehead atoms. The summed E-state index contributed by atoms with van der Waals surface area (Å²) in [5.41, 5.74) is 6.99. The summed E-state index contributed by atoms with van der Waals surface area (Å²) < 4.78 is 6.29. The van der Waals surface area contributed by atoms with Gasteiger partial charge in [-0.3, -0.25) is 9.48 Å². The lowest BCUT2D eigenvalue weighted by atomic mass is 10.2. The van der Waals surface area contributed by atoms with Gasteiger partial charge in [-0.05, 0) is 6.92 Å². The number of aliphatic hydroxyl groups excluding tert-OH is 1. The minimum atomic E-state index is -0.456. The Morgan fingerprint density at radius 3 is 2.76 bits per heavy atom. The van der Waals surface area contributed by atoms with Crippen LogP contribution in [0.3, 0.4) is 0 Å². The van der Waals surface area contributed by atoms with Crippen LogP contribution in [0, 0.1) is 6.92 Å². The van der Waals surface area contributed by atoms with Crippen molar-refractivity contribution >= 4 is 11.6 Å². The highest BCUT2D eigenvalue weighted by Gasteiger charge is 2.20. The lowest BCUT2D eigenvalue weighted by molar-refractivity contribution is 0.0832. The van der Waals surface area contributed by atoms with Gasteiger partial charge in [0.1, 0.15) is 5.69 Å². The number of hydrogen-bond donors (Lipinski definition) is 3. The van der Waals surface area contributed by atoms with Gasteiger partial charge in [-0.15, -0.1) is 0 Å². The number of aliphatic hydroxyl groups is 1. The lowest BCUT2D eigenvalue weighted by Crippen LogP contribution is -2.41. The van der Waals surface area contributed by atoms with Crippen molar-refractivity contribution in [3.8, 4) is 0 Å². The lowest BCUT2D eigenvalue weighted by Gasteiger charge is -2.15. The predicted octanol–water partition coefficient (Wildman–Crippen LogP) is -0.952. The Labute approximate surface area is 99.6 Å². The minimum Gasteiger partial charge on any atom is -0.395 e. The Hall–Kier alpha value is -1.60. The first-order valence-corrected chi connectivity index (χ1v) is 5.21. The van der Waals surface area contributed by atoms with Crippen LogP contribution in [0.2, 0.25) is 0 Å². The van der Waals surface area contributed by atoms with E-state index in [-0.39, 0.29) is 24.8 Å². The number of ether oxygens (including phenoxy) is 1. The van der Waals surface area contributed by atoms with Gasteiger partial charge in [0, 0.05) is 14.2 Å². The second kappa shape index (κ2) is 5.65. The van der Waals surface area contributed by atoms with Crippen LogP contribution in [0.1, 0.15) is 16.2 Å². The predicted molar refractivity (Wildman–Crippen MR) is 62.6 cm³/mol. The van der Waals surface area contributed by atoms with Gasteiger partial charge in [0.05, 0.1) is 30.6 Å². The Kier molecular flexibility index (Phi) is 4.47. The van der Waals surface area contributed by atoms with Crippen molar-refractivity contribution in [2.24, 2.45) is 7.05 Å². The van der Waals surface area contributed by atoms with Gasteiger partial charge in [0.2, 0.25) is 0 Å². The van der Waals surface area contributed by atoms with E-state index in [0.29, 0.717) is 11.4 Å². The zero-order chi connectivity index (χ0) is 13.0. The number of carbonyl (C=O) groups is 1. The average Bonchev–Trinajstić information content (AvgIpc) is 2.52. The number of hydrogen-bond acceptors (Lipinski definition) is 5. The molecular weight excluding hydrogens is 224 g/mol. The largest absolute Gasteiger partial charge is 0.395 e. The molecule has 0 fully saturated rings. The monoisotopic (exact) mass is 242 g/mol. The van der Waals surface area contributed by atoms with Gasteiger partial charge >= 0.3 is 0 Å². The maximum absolute atomic E-state index is 11.9. The van der Waals surface area contributed by atoms with Crippen LogP contribution in [0.15, 0.2) is 0 Å². The summed E-state index contributed by atoms with van der Waals surface area (Å²) in [7, 11) is 3.14. The number of aryl methyl sites for hydroxylation is 2. The summed E-state index contributed by atoms with van der Waals surface area (Å²) in [5.74, 6) is -0.373. The molecule has 96 valence electrons. The van der Waals surface area contributed by atoms with Crippen LogP contribution in [0.25, 0.3) is 0 Å². The molecule has 0 saturated carbocycles. The Balaban J connectivity index is 2.82. The molecule has 1 aromatic heterocycles. The Morgan fingerprint density at radius 2 is 2.35 bits per heavy atom. The molecule has 0 saturated heterocycles. The first kappa shape index (κ1) is 13.5. The van der Waals surface area contributed by atoms with Crippen LogP contribution in [-0.4, -0.2) is 47.2 Å². The van der Waals surface area contributed by atoms with Crippen LogP contribution in [0.5, 0.6) is 0 Å². The summed E-state index contributed by atoms with van der Waals surface area (Å²) in [5, 5.41) is 15.7. The fraction of sp³-hybridized carbons (Fsp3) is 0.600. The molecule has 0 spiro atoms. The van der Waals surface area contributed by atoms with Crippen LogP contribution < -0.4 is 11.1 Å². The highest BCUT2D eigenvalue weighted by Crippen LogP contribution is 2.14. The summed E-state index contributed by atoms with van der Waals surface area (Å²) in [6, 6.07) is -0.456. The van der Waals surface area contributed by atoms with Gasteiger partial charge in [-0.1, -0.05) is 0 Å². The molecule has 0 aliphatic carbocycles. The van der Waals surface area contributed by atoms with Crippen molar-refractivity contribution in [1.29, 1.82) is 0 Å². The number of anilines is 1. The van der Waals surface area contributed by atoms with Crippen molar-refractivity contribution in [3.05, 3.63) is 11.4 Å². The fourth-order valence-corrected chi connectivity index (χ4v) is 1.54. The number of nitrogens with zero attached hydrogens (tertiary/aromatic N) is 2. The second-order valence-electron chi connectivity index (χ2n) is 3.78. The van der Waals surface area contributed by atoms with Crippen LogP contribution >= 0.6 is 0 Å². The number of methoxy groups -OCH3 is 1. The number of nitrogen functional groups attached to an aromatic ring is 1. The highest BCUT2D eigenvalue weighted by molar-refractivity contribution is 5.98. The average molecular weight is 242 g/mol. The number of amides is 1. The molecule has 7 nitrogen and oxygen atoms in total. The molecule has 0 aliphatic rings. The van der Waals surface area contributed by atoms with Crippen molar-refractivity contribution in [1.82, 2.24) is 15.1 Å². The van der Waals surface area contributed by atoms with Crippen molar-refractivity contribution in [2.45, 2.75) is 13.0 Å². The number of nitrogens with two attached hydrogens (primary N) is 1. The van der Waals surface area contributed by atoms with Crippen molar-refractivity contribution < 1.29 is 14.6 Å². The molecular formula is C10H18N4O3. The Bertz CT molecular complexity index is 403. The van der Waals surface area contributed by atoms with E-state index in [1.54, 1.807) is 14.0 Å². The van der Waals surface area contributed by atoms with E-state index >= 15 is 0 Å². The number of nitrogens with one attached hydrogen (secondary N) is 1. The van der Waals surface area contributed by atoms with E-state index in [1.165, 1.54) is 11.8 Å². The molecule has 1 atom stereocenters. The SMILES string of the molecule is COCC(CO)NC(=O)c1c(N)c(C)nn1C. The normalized spacial score (nSPS) is 12.5. The molecule has 1 rings (SSSR count). The van der Waals surface area contributed by atoms with E-state index in [0.717, 1.165) is 0 Å². The first-order valence-electron chi connectivity index (χ1n) is 5.21. The number of carbonyl (C=O) groups excluding carboxylic acids is 1. The molecule has 4 N–H and O–H groups in total. The van der Waals surface area contributed by atoms with Gasteiger partial charge in [0.25, 0.3) is 5.91 Å². The fourth-order valence-electron chi connectivity index (χ4n) is 1.54. The molecule has 1 aromatic rings. The van der Waals surface area contributed by atoms with Gasteiger partial charge in [-0.25, -0.2) is 0 Å². The molecule has 0 aliphatic heterocycles. The molecule has 7 heteroatoms. The maximum atomic E-state index is 11.9. The molecule has 1 heterocycles. The smallest absolute Gasteiger partial charge is 0.272 e. The molecule has 1 amide bonds. The van der Waals surface area contributed by atoms with E-state index in [1.807, 2.05) is 0 Å². The first-order chi connectivity index (χ1) is 8.01. The zero-order valence-corrected chi connectivity index (χ0v) is 10.2. The van der Waals surface area contributed by atoms with Gasteiger partial charge < -0.3 is 20.9 Å². The summed E-state index contributed by atoms with van der Waals surface area (Å²) in [6.07, 6.45) is 0. The van der Waals surface area contributed by atoms with Crippen molar-refractivity contribution in [2.75, 3.05) is 26.1 Å². The third kappa shape index (κ3) is 2.95. The zero-order valence-electron chi connectivity index (χ0n) is 10.2. The molecule has 0 aromatic carbocycles. The van der Waals surface area contributed by atoms with Crippen LogP contribution in [0.4, 0.5) is 5.69 Å². The molecule has 1 unspecified atom stereocenters. The van der Waals surface area contributed by atoms with E-state index in [4.69, 9.17) is 15.6 Å². The highest BCUT2D eigenvalue weighted by atomic mass is 16.5. The van der Waals surface area contributed by atoms with Gasteiger partial charge in [-0.2, -0.15) is 5.10 Å².